The Hall–Kier alpha value is -2.66. The lowest BCUT2D eigenvalue weighted by Gasteiger charge is -2.13. The number of hydrogen-bond donors (Lipinski definition) is 2. The molecule has 2 heterocycles. The van der Waals surface area contributed by atoms with Gasteiger partial charge in [-0.2, -0.15) is 28.1 Å². The van der Waals surface area contributed by atoms with Crippen LogP contribution in [-0.2, 0) is 6.18 Å². The Kier molecular flexibility index (Phi) is 4.13. The molecular formula is C13H12F5N7. The van der Waals surface area contributed by atoms with Crippen molar-refractivity contribution in [2.75, 3.05) is 11.1 Å². The average molecular weight is 361 g/mol. The van der Waals surface area contributed by atoms with Gasteiger partial charge >= 0.3 is 6.18 Å². The summed E-state index contributed by atoms with van der Waals surface area (Å²) in [6, 6.07) is -0.572. The highest BCUT2D eigenvalue weighted by molar-refractivity contribution is 5.52. The molecule has 1 unspecified atom stereocenters. The fourth-order valence-corrected chi connectivity index (χ4v) is 2.44. The maximum Gasteiger partial charge on any atom is 0.434 e. The summed E-state index contributed by atoms with van der Waals surface area (Å²) in [5.41, 5.74) is 4.05. The number of nitrogens with zero attached hydrogens (tertiary/aromatic N) is 5. The zero-order chi connectivity index (χ0) is 18.2. The van der Waals surface area contributed by atoms with Gasteiger partial charge in [0.25, 0.3) is 0 Å². The van der Waals surface area contributed by atoms with Gasteiger partial charge in [0.05, 0.1) is 12.4 Å². The van der Waals surface area contributed by atoms with Crippen LogP contribution in [-0.4, -0.2) is 36.9 Å². The van der Waals surface area contributed by atoms with Crippen LogP contribution >= 0.6 is 0 Å². The van der Waals surface area contributed by atoms with Crippen LogP contribution in [0, 0.1) is 0 Å². The maximum atomic E-state index is 13.2. The normalized spacial score (nSPS) is 19.8. The molecule has 134 valence electrons. The van der Waals surface area contributed by atoms with Crippen LogP contribution in [0.5, 0.6) is 0 Å². The van der Waals surface area contributed by atoms with Gasteiger partial charge in [0.15, 0.2) is 11.5 Å². The molecule has 2 aromatic heterocycles. The van der Waals surface area contributed by atoms with Crippen LogP contribution in [0.15, 0.2) is 12.4 Å². The summed E-state index contributed by atoms with van der Waals surface area (Å²) < 4.78 is 64.6. The van der Waals surface area contributed by atoms with E-state index in [9.17, 15) is 22.0 Å². The van der Waals surface area contributed by atoms with Crippen molar-refractivity contribution in [2.45, 2.75) is 37.4 Å². The van der Waals surface area contributed by atoms with Crippen molar-refractivity contribution in [2.24, 2.45) is 0 Å². The molecule has 0 aromatic carbocycles. The van der Waals surface area contributed by atoms with Gasteiger partial charge in [0.2, 0.25) is 17.8 Å². The molecule has 1 atom stereocenters. The van der Waals surface area contributed by atoms with E-state index in [4.69, 9.17) is 5.73 Å². The minimum absolute atomic E-state index is 0.107. The molecule has 0 radical (unpaired) electrons. The van der Waals surface area contributed by atoms with E-state index in [2.05, 4.69) is 30.2 Å². The topological polar surface area (TPSA) is 102 Å². The lowest BCUT2D eigenvalue weighted by molar-refractivity contribution is -0.141. The standard InChI is InChI=1S/C13H12F5N7/c14-12(15)2-1-6(3-12)21-11-24-9(23-10(19)25-11)7-4-20-5-8(22-7)13(16,17)18/h4-6H,1-3H2,(H3,19,21,23,24,25). The SMILES string of the molecule is Nc1nc(NC2CCC(F)(F)C2)nc(-c2cncc(C(F)(F)F)n2)n1. The van der Waals surface area contributed by atoms with Crippen molar-refractivity contribution < 1.29 is 22.0 Å². The fraction of sp³-hybridized carbons (Fsp3) is 0.462. The van der Waals surface area contributed by atoms with Crippen molar-refractivity contribution in [1.82, 2.24) is 24.9 Å². The zero-order valence-corrected chi connectivity index (χ0v) is 12.6. The first-order valence-corrected chi connectivity index (χ1v) is 7.18. The number of alkyl halides is 5. The third kappa shape index (κ3) is 4.06. The first-order valence-electron chi connectivity index (χ1n) is 7.18. The van der Waals surface area contributed by atoms with Crippen LogP contribution in [0.4, 0.5) is 33.8 Å². The van der Waals surface area contributed by atoms with Crippen molar-refractivity contribution in [1.29, 1.82) is 0 Å². The van der Waals surface area contributed by atoms with Gasteiger partial charge < -0.3 is 11.1 Å². The number of hydrogen-bond acceptors (Lipinski definition) is 7. The Bertz CT molecular complexity index is 780. The van der Waals surface area contributed by atoms with Gasteiger partial charge in [0, 0.05) is 18.9 Å². The second-order valence-corrected chi connectivity index (χ2v) is 5.57. The highest BCUT2D eigenvalue weighted by Crippen LogP contribution is 2.36. The third-order valence-electron chi connectivity index (χ3n) is 3.54. The average Bonchev–Trinajstić information content (AvgIpc) is 2.85. The molecule has 7 nitrogen and oxygen atoms in total. The molecule has 12 heteroatoms. The largest absolute Gasteiger partial charge is 0.434 e. The quantitative estimate of drug-likeness (QED) is 0.810. The molecule has 1 aliphatic rings. The van der Waals surface area contributed by atoms with Gasteiger partial charge in [-0.1, -0.05) is 0 Å². The molecule has 1 saturated carbocycles. The van der Waals surface area contributed by atoms with E-state index < -0.39 is 30.3 Å². The van der Waals surface area contributed by atoms with Crippen molar-refractivity contribution in [3.8, 4) is 11.5 Å². The predicted molar refractivity (Wildman–Crippen MR) is 76.5 cm³/mol. The van der Waals surface area contributed by atoms with Crippen LogP contribution in [0.3, 0.4) is 0 Å². The number of nitrogen functional groups attached to an aromatic ring is 1. The Morgan fingerprint density at radius 3 is 2.52 bits per heavy atom. The molecule has 1 fully saturated rings. The van der Waals surface area contributed by atoms with Crippen molar-refractivity contribution >= 4 is 11.9 Å². The van der Waals surface area contributed by atoms with E-state index in [-0.39, 0.29) is 36.3 Å². The first kappa shape index (κ1) is 17.2. The minimum Gasteiger partial charge on any atom is -0.368 e. The lowest BCUT2D eigenvalue weighted by atomic mass is 10.2. The number of aromatic nitrogens is 5. The summed E-state index contributed by atoms with van der Waals surface area (Å²) in [6.45, 7) is 0. The van der Waals surface area contributed by atoms with Crippen LogP contribution < -0.4 is 11.1 Å². The van der Waals surface area contributed by atoms with Gasteiger partial charge in [-0.05, 0) is 6.42 Å². The van der Waals surface area contributed by atoms with Crippen molar-refractivity contribution in [3.63, 3.8) is 0 Å². The van der Waals surface area contributed by atoms with Gasteiger partial charge in [0.1, 0.15) is 5.69 Å². The smallest absolute Gasteiger partial charge is 0.368 e. The third-order valence-corrected chi connectivity index (χ3v) is 3.54. The number of nitrogens with two attached hydrogens (primary N) is 1. The number of nitrogens with one attached hydrogen (secondary N) is 1. The molecule has 0 saturated heterocycles. The Balaban J connectivity index is 1.87. The van der Waals surface area contributed by atoms with Crippen LogP contribution in [0.2, 0.25) is 0 Å². The molecule has 0 bridgehead atoms. The fourth-order valence-electron chi connectivity index (χ4n) is 2.44. The summed E-state index contributed by atoms with van der Waals surface area (Å²) in [4.78, 5) is 18.3. The molecule has 1 aliphatic carbocycles. The molecule has 3 rings (SSSR count). The molecule has 2 aromatic rings. The molecule has 0 aliphatic heterocycles. The summed E-state index contributed by atoms with van der Waals surface area (Å²) in [6.07, 6.45) is -3.53. The predicted octanol–water partition coefficient (Wildman–Crippen LogP) is 2.53. The van der Waals surface area contributed by atoms with Gasteiger partial charge in [-0.15, -0.1) is 0 Å². The summed E-state index contributed by atoms with van der Waals surface area (Å²) in [7, 11) is 0. The molecule has 25 heavy (non-hydrogen) atoms. The number of rotatable bonds is 3. The zero-order valence-electron chi connectivity index (χ0n) is 12.6. The molecule has 0 spiro atoms. The van der Waals surface area contributed by atoms with E-state index in [0.717, 1.165) is 6.20 Å². The Labute approximate surface area is 137 Å². The lowest BCUT2D eigenvalue weighted by Crippen LogP contribution is -2.21. The minimum atomic E-state index is -4.68. The Morgan fingerprint density at radius 2 is 1.88 bits per heavy atom. The van der Waals surface area contributed by atoms with E-state index >= 15 is 0 Å². The van der Waals surface area contributed by atoms with Gasteiger partial charge in [-0.3, -0.25) is 4.98 Å². The highest BCUT2D eigenvalue weighted by atomic mass is 19.4. The second kappa shape index (κ2) is 6.01. The Morgan fingerprint density at radius 1 is 1.12 bits per heavy atom. The molecule has 3 N–H and O–H groups in total. The summed E-state index contributed by atoms with van der Waals surface area (Å²) in [5, 5.41) is 2.70. The second-order valence-electron chi connectivity index (χ2n) is 5.57. The van der Waals surface area contributed by atoms with Gasteiger partial charge in [-0.25, -0.2) is 13.8 Å². The van der Waals surface area contributed by atoms with E-state index in [0.29, 0.717) is 6.20 Å². The summed E-state index contributed by atoms with van der Waals surface area (Å²) >= 11 is 0. The monoisotopic (exact) mass is 361 g/mol. The summed E-state index contributed by atoms with van der Waals surface area (Å²) in [5.74, 6) is -3.40. The number of halogens is 5. The van der Waals surface area contributed by atoms with Crippen LogP contribution in [0.25, 0.3) is 11.5 Å². The maximum absolute atomic E-state index is 13.2. The number of anilines is 2. The van der Waals surface area contributed by atoms with E-state index in [1.54, 1.807) is 0 Å². The van der Waals surface area contributed by atoms with E-state index in [1.807, 2.05) is 0 Å². The highest BCUT2D eigenvalue weighted by Gasteiger charge is 2.39. The van der Waals surface area contributed by atoms with E-state index in [1.165, 1.54) is 0 Å². The van der Waals surface area contributed by atoms with Crippen molar-refractivity contribution in [3.05, 3.63) is 18.1 Å². The molecule has 0 amide bonds. The first-order chi connectivity index (χ1) is 11.6. The van der Waals surface area contributed by atoms with Crippen LogP contribution in [0.1, 0.15) is 25.0 Å². The molecular weight excluding hydrogens is 349 g/mol.